The van der Waals surface area contributed by atoms with E-state index in [-0.39, 0.29) is 0 Å². The Morgan fingerprint density at radius 3 is 3.12 bits per heavy atom. The van der Waals surface area contributed by atoms with Crippen LogP contribution in [0.1, 0.15) is 18.9 Å². The number of benzene rings is 1. The van der Waals surface area contributed by atoms with Gasteiger partial charge in [0.15, 0.2) is 0 Å². The van der Waals surface area contributed by atoms with Crippen LogP contribution in [0.5, 0.6) is 0 Å². The van der Waals surface area contributed by atoms with E-state index in [9.17, 15) is 0 Å². The highest BCUT2D eigenvalue weighted by atomic mass is 79.9. The van der Waals surface area contributed by atoms with Gasteiger partial charge in [-0.15, -0.1) is 0 Å². The first-order chi connectivity index (χ1) is 8.15. The molecule has 0 bridgehead atoms. The van der Waals surface area contributed by atoms with Crippen molar-refractivity contribution in [2.24, 2.45) is 0 Å². The van der Waals surface area contributed by atoms with Crippen molar-refractivity contribution in [2.45, 2.75) is 26.0 Å². The minimum absolute atomic E-state index is 0.314. The summed E-state index contributed by atoms with van der Waals surface area (Å²) in [5.41, 5.74) is 8.08. The summed E-state index contributed by atoms with van der Waals surface area (Å²) in [6.45, 7) is 5.97. The van der Waals surface area contributed by atoms with E-state index in [0.717, 1.165) is 42.8 Å². The minimum Gasteiger partial charge on any atom is -0.398 e. The maximum atomic E-state index is 6.02. The van der Waals surface area contributed by atoms with Crippen LogP contribution < -0.4 is 5.73 Å². The summed E-state index contributed by atoms with van der Waals surface area (Å²) in [6.07, 6.45) is 1.41. The number of ether oxygens (including phenoxy) is 1. The summed E-state index contributed by atoms with van der Waals surface area (Å²) in [4.78, 5) is 2.41. The van der Waals surface area contributed by atoms with Crippen molar-refractivity contribution in [3.63, 3.8) is 0 Å². The van der Waals surface area contributed by atoms with Gasteiger partial charge in [0, 0.05) is 36.4 Å². The van der Waals surface area contributed by atoms with Gasteiger partial charge in [0.25, 0.3) is 0 Å². The van der Waals surface area contributed by atoms with Crippen molar-refractivity contribution in [3.05, 3.63) is 28.2 Å². The predicted molar refractivity (Wildman–Crippen MR) is 73.9 cm³/mol. The number of hydrogen-bond donors (Lipinski definition) is 1. The molecule has 1 atom stereocenters. The Hall–Kier alpha value is -0.580. The zero-order valence-electron chi connectivity index (χ0n) is 10.2. The molecule has 1 aromatic carbocycles. The lowest BCUT2D eigenvalue weighted by Gasteiger charge is -2.22. The van der Waals surface area contributed by atoms with Gasteiger partial charge in [-0.25, -0.2) is 0 Å². The molecule has 1 heterocycles. The van der Waals surface area contributed by atoms with E-state index in [1.165, 1.54) is 5.56 Å². The second kappa shape index (κ2) is 5.85. The van der Waals surface area contributed by atoms with E-state index in [1.54, 1.807) is 0 Å². The molecular weight excluding hydrogens is 280 g/mol. The summed E-state index contributed by atoms with van der Waals surface area (Å²) in [5, 5.41) is 0. The van der Waals surface area contributed by atoms with E-state index in [1.807, 2.05) is 12.1 Å². The summed E-state index contributed by atoms with van der Waals surface area (Å²) >= 11 is 3.43. The first kappa shape index (κ1) is 12.9. The second-order valence-corrected chi connectivity index (χ2v) is 5.53. The van der Waals surface area contributed by atoms with Gasteiger partial charge in [0.1, 0.15) is 0 Å². The normalized spacial score (nSPS) is 22.4. The molecule has 1 unspecified atom stereocenters. The Bertz CT molecular complexity index is 384. The van der Waals surface area contributed by atoms with Gasteiger partial charge in [0.05, 0.1) is 6.10 Å². The summed E-state index contributed by atoms with van der Waals surface area (Å²) < 4.78 is 6.67. The fourth-order valence-corrected chi connectivity index (χ4v) is 2.55. The summed E-state index contributed by atoms with van der Waals surface area (Å²) in [5.74, 6) is 0. The Labute approximate surface area is 111 Å². The molecule has 0 radical (unpaired) electrons. The Morgan fingerprint density at radius 1 is 1.53 bits per heavy atom. The van der Waals surface area contributed by atoms with Crippen molar-refractivity contribution >= 4 is 21.6 Å². The molecule has 4 heteroatoms. The smallest absolute Gasteiger partial charge is 0.0674 e. The van der Waals surface area contributed by atoms with E-state index in [4.69, 9.17) is 10.5 Å². The average Bonchev–Trinajstić information content (AvgIpc) is 2.47. The van der Waals surface area contributed by atoms with Gasteiger partial charge < -0.3 is 10.5 Å². The van der Waals surface area contributed by atoms with Crippen LogP contribution >= 0.6 is 15.9 Å². The zero-order valence-corrected chi connectivity index (χ0v) is 11.7. The molecule has 17 heavy (non-hydrogen) atoms. The van der Waals surface area contributed by atoms with E-state index in [2.05, 4.69) is 33.8 Å². The van der Waals surface area contributed by atoms with Gasteiger partial charge in [-0.3, -0.25) is 4.90 Å². The lowest BCUT2D eigenvalue weighted by molar-refractivity contribution is 0.0668. The number of hydrogen-bond acceptors (Lipinski definition) is 3. The number of rotatable bonds is 2. The van der Waals surface area contributed by atoms with Gasteiger partial charge in [-0.1, -0.05) is 22.0 Å². The van der Waals surface area contributed by atoms with Crippen molar-refractivity contribution in [1.82, 2.24) is 4.90 Å². The molecule has 0 aromatic heterocycles. The molecule has 0 amide bonds. The molecule has 2 rings (SSSR count). The van der Waals surface area contributed by atoms with Crippen LogP contribution in [0, 0.1) is 0 Å². The SMILES string of the molecule is CC1CN(Cc2ccc(Br)cc2N)CCCO1. The number of halogens is 1. The van der Waals surface area contributed by atoms with Crippen LogP contribution in [0.4, 0.5) is 5.69 Å². The van der Waals surface area contributed by atoms with E-state index in [0.29, 0.717) is 6.10 Å². The molecular formula is C13H19BrN2O. The predicted octanol–water partition coefficient (Wildman–Crippen LogP) is 2.64. The van der Waals surface area contributed by atoms with Crippen LogP contribution in [0.25, 0.3) is 0 Å². The van der Waals surface area contributed by atoms with Crippen molar-refractivity contribution in [3.8, 4) is 0 Å². The third kappa shape index (κ3) is 3.69. The monoisotopic (exact) mass is 298 g/mol. The fraction of sp³-hybridized carbons (Fsp3) is 0.538. The topological polar surface area (TPSA) is 38.5 Å². The maximum absolute atomic E-state index is 6.02. The number of nitrogen functional groups attached to an aromatic ring is 1. The molecule has 94 valence electrons. The van der Waals surface area contributed by atoms with E-state index < -0.39 is 0 Å². The van der Waals surface area contributed by atoms with Crippen LogP contribution in [-0.2, 0) is 11.3 Å². The Kier molecular flexibility index (Phi) is 4.42. The molecule has 0 saturated carbocycles. The Balaban J connectivity index is 2.03. The molecule has 0 spiro atoms. The average molecular weight is 299 g/mol. The quantitative estimate of drug-likeness (QED) is 0.853. The first-order valence-electron chi connectivity index (χ1n) is 6.03. The second-order valence-electron chi connectivity index (χ2n) is 4.61. The highest BCUT2D eigenvalue weighted by molar-refractivity contribution is 9.10. The molecule has 1 fully saturated rings. The molecule has 0 aliphatic carbocycles. The molecule has 1 saturated heterocycles. The van der Waals surface area contributed by atoms with Crippen molar-refractivity contribution in [2.75, 3.05) is 25.4 Å². The van der Waals surface area contributed by atoms with Crippen LogP contribution in [0.15, 0.2) is 22.7 Å². The molecule has 1 aromatic rings. The minimum atomic E-state index is 0.314. The third-order valence-electron chi connectivity index (χ3n) is 3.04. The molecule has 2 N–H and O–H groups in total. The largest absolute Gasteiger partial charge is 0.398 e. The van der Waals surface area contributed by atoms with E-state index >= 15 is 0 Å². The standard InChI is InChI=1S/C13H19BrN2O/c1-10-8-16(5-2-6-17-10)9-11-3-4-12(14)7-13(11)15/h3-4,7,10H,2,5-6,8-9,15H2,1H3. The number of nitrogens with two attached hydrogens (primary N) is 1. The van der Waals surface area contributed by atoms with Gasteiger partial charge in [0.2, 0.25) is 0 Å². The lowest BCUT2D eigenvalue weighted by Crippen LogP contribution is -2.30. The fourth-order valence-electron chi connectivity index (χ4n) is 2.17. The van der Waals surface area contributed by atoms with Gasteiger partial charge in [-0.05, 0) is 31.0 Å². The molecule has 3 nitrogen and oxygen atoms in total. The van der Waals surface area contributed by atoms with Gasteiger partial charge in [-0.2, -0.15) is 0 Å². The van der Waals surface area contributed by atoms with Crippen molar-refractivity contribution < 1.29 is 4.74 Å². The van der Waals surface area contributed by atoms with Crippen LogP contribution in [-0.4, -0.2) is 30.7 Å². The molecule has 1 aliphatic rings. The maximum Gasteiger partial charge on any atom is 0.0674 e. The number of nitrogens with zero attached hydrogens (tertiary/aromatic N) is 1. The first-order valence-corrected chi connectivity index (χ1v) is 6.82. The third-order valence-corrected chi connectivity index (χ3v) is 3.53. The zero-order chi connectivity index (χ0) is 12.3. The van der Waals surface area contributed by atoms with Crippen molar-refractivity contribution in [1.29, 1.82) is 0 Å². The molecule has 1 aliphatic heterocycles. The highest BCUT2D eigenvalue weighted by Crippen LogP contribution is 2.20. The Morgan fingerprint density at radius 2 is 2.35 bits per heavy atom. The summed E-state index contributed by atoms with van der Waals surface area (Å²) in [7, 11) is 0. The highest BCUT2D eigenvalue weighted by Gasteiger charge is 2.15. The summed E-state index contributed by atoms with van der Waals surface area (Å²) in [6, 6.07) is 6.10. The van der Waals surface area contributed by atoms with Crippen LogP contribution in [0.3, 0.4) is 0 Å². The van der Waals surface area contributed by atoms with Gasteiger partial charge >= 0.3 is 0 Å². The number of anilines is 1. The lowest BCUT2D eigenvalue weighted by atomic mass is 10.1. The van der Waals surface area contributed by atoms with Crippen LogP contribution in [0.2, 0.25) is 0 Å².